The van der Waals surface area contributed by atoms with Gasteiger partial charge in [-0.05, 0) is 24.3 Å². The molecule has 0 spiro atoms. The van der Waals surface area contributed by atoms with E-state index in [0.717, 1.165) is 15.2 Å². The van der Waals surface area contributed by atoms with E-state index in [-0.39, 0.29) is 22.0 Å². The van der Waals surface area contributed by atoms with E-state index in [1.54, 1.807) is 30.3 Å². The van der Waals surface area contributed by atoms with Crippen LogP contribution in [0.25, 0.3) is 21.8 Å². The topological polar surface area (TPSA) is 122 Å². The van der Waals surface area contributed by atoms with E-state index in [2.05, 4.69) is 36.8 Å². The van der Waals surface area contributed by atoms with Crippen LogP contribution in [0.15, 0.2) is 57.7 Å². The van der Waals surface area contributed by atoms with Gasteiger partial charge in [0.15, 0.2) is 0 Å². The molecule has 4 aromatic rings. The van der Waals surface area contributed by atoms with Crippen LogP contribution in [0.1, 0.15) is 11.1 Å². The maximum atomic E-state index is 12.6. The fourth-order valence-corrected chi connectivity index (χ4v) is 5.12. The number of aliphatic hydroxyl groups is 1. The number of hydrogen-bond acceptors (Lipinski definition) is 5. The zero-order valence-electron chi connectivity index (χ0n) is 15.3. The van der Waals surface area contributed by atoms with Crippen LogP contribution in [0.2, 0.25) is 0 Å². The average Bonchev–Trinajstić information content (AvgIpc) is 3.27. The molecule has 0 saturated heterocycles. The first-order chi connectivity index (χ1) is 14.1. The third-order valence-corrected chi connectivity index (χ3v) is 7.06. The number of nitrogens with one attached hydrogen (secondary N) is 1. The van der Waals surface area contributed by atoms with E-state index in [9.17, 15) is 22.9 Å². The molecule has 4 rings (SSSR count). The number of halogens is 2. The smallest absolute Gasteiger partial charge is 0.418 e. The first-order valence-corrected chi connectivity index (χ1v) is 11.5. The van der Waals surface area contributed by atoms with Crippen LogP contribution in [0.4, 0.5) is 4.79 Å². The number of fused-ring (bicyclic) bond motifs is 2. The van der Waals surface area contributed by atoms with Gasteiger partial charge in [0.05, 0.1) is 12.6 Å². The fourth-order valence-electron chi connectivity index (χ4n) is 3.52. The van der Waals surface area contributed by atoms with Gasteiger partial charge in [-0.2, -0.15) is 8.42 Å². The highest BCUT2D eigenvalue weighted by Gasteiger charge is 2.48. The third kappa shape index (κ3) is 3.08. The molecule has 8 nitrogen and oxygen atoms in total. The minimum atomic E-state index is -5.12. The Bertz CT molecular complexity index is 1430. The lowest BCUT2D eigenvalue weighted by Gasteiger charge is -2.24. The van der Waals surface area contributed by atoms with Gasteiger partial charge in [0.2, 0.25) is 4.93 Å². The van der Waals surface area contributed by atoms with Crippen LogP contribution >= 0.6 is 31.9 Å². The highest BCUT2D eigenvalue weighted by Crippen LogP contribution is 2.43. The SMILES string of the molecule is COC(=O)n1cc(C(O)(c2c[nH]c3cc(Br)ccc23)S(=O)(=O)O)c2ccc(Br)cc21. The van der Waals surface area contributed by atoms with Crippen molar-refractivity contribution in [1.29, 1.82) is 0 Å². The third-order valence-electron chi connectivity index (χ3n) is 4.89. The van der Waals surface area contributed by atoms with Gasteiger partial charge in [0.25, 0.3) is 0 Å². The molecule has 1 unspecified atom stereocenters. The number of H-pyrrole nitrogens is 1. The molecule has 0 fully saturated rings. The standard InChI is InChI=1S/C19H14Br2N2O6S/c1-29-18(24)23-9-15(13-5-3-11(21)7-17(13)23)19(25,30(26,27)28)14-8-22-16-6-10(20)2-4-12(14)16/h2-9,22,25H,1H3,(H,26,27,28). The predicted octanol–water partition coefficient (Wildman–Crippen LogP) is 4.34. The molecule has 0 amide bonds. The molecular formula is C19H14Br2N2O6S. The van der Waals surface area contributed by atoms with Crippen molar-refractivity contribution in [2.45, 2.75) is 4.93 Å². The Morgan fingerprint density at radius 3 is 2.37 bits per heavy atom. The van der Waals surface area contributed by atoms with Crippen LogP contribution in [-0.2, 0) is 19.8 Å². The van der Waals surface area contributed by atoms with Crippen molar-refractivity contribution in [2.24, 2.45) is 0 Å². The van der Waals surface area contributed by atoms with Crippen molar-refractivity contribution in [1.82, 2.24) is 9.55 Å². The lowest BCUT2D eigenvalue weighted by Crippen LogP contribution is -2.36. The number of methoxy groups -OCH3 is 1. The first kappa shape index (κ1) is 21.1. The van der Waals surface area contributed by atoms with E-state index >= 15 is 0 Å². The van der Waals surface area contributed by atoms with E-state index in [0.29, 0.717) is 15.4 Å². The van der Waals surface area contributed by atoms with Crippen LogP contribution in [0, 0.1) is 0 Å². The normalized spacial score (nSPS) is 14.2. The molecule has 156 valence electrons. The molecule has 2 aromatic carbocycles. The quantitative estimate of drug-likeness (QED) is 0.322. The molecule has 0 radical (unpaired) electrons. The molecule has 1 atom stereocenters. The van der Waals surface area contributed by atoms with Crippen molar-refractivity contribution in [3.63, 3.8) is 0 Å². The summed E-state index contributed by atoms with van der Waals surface area (Å²) >= 11 is 6.64. The van der Waals surface area contributed by atoms with Gasteiger partial charge in [-0.15, -0.1) is 0 Å². The molecule has 2 aromatic heterocycles. The Morgan fingerprint density at radius 1 is 1.10 bits per heavy atom. The molecule has 0 bridgehead atoms. The number of ether oxygens (including phenoxy) is 1. The van der Waals surface area contributed by atoms with Gasteiger partial charge >= 0.3 is 16.2 Å². The maximum absolute atomic E-state index is 12.6. The van der Waals surface area contributed by atoms with Gasteiger partial charge in [-0.25, -0.2) is 4.79 Å². The summed E-state index contributed by atoms with van der Waals surface area (Å²) in [6.07, 6.45) is 1.67. The summed E-state index contributed by atoms with van der Waals surface area (Å²) < 4.78 is 42.5. The van der Waals surface area contributed by atoms with E-state index in [1.165, 1.54) is 19.4 Å². The van der Waals surface area contributed by atoms with Crippen LogP contribution in [-0.4, -0.2) is 40.8 Å². The largest absolute Gasteiger partial charge is 0.452 e. The minimum absolute atomic E-state index is 0.0839. The predicted molar refractivity (Wildman–Crippen MR) is 118 cm³/mol. The lowest BCUT2D eigenvalue weighted by molar-refractivity contribution is 0.156. The lowest BCUT2D eigenvalue weighted by atomic mass is 9.99. The summed E-state index contributed by atoms with van der Waals surface area (Å²) in [4.78, 5) is 12.3. The molecule has 0 aliphatic heterocycles. The van der Waals surface area contributed by atoms with Crippen molar-refractivity contribution < 1.29 is 27.6 Å². The van der Waals surface area contributed by atoms with Gasteiger partial charge < -0.3 is 14.8 Å². The van der Waals surface area contributed by atoms with Crippen molar-refractivity contribution in [3.05, 3.63) is 68.9 Å². The van der Waals surface area contributed by atoms with Gasteiger partial charge in [-0.1, -0.05) is 44.0 Å². The Morgan fingerprint density at radius 2 is 1.73 bits per heavy atom. The number of carbonyl (C=O) groups is 1. The Hall–Kier alpha value is -2.18. The van der Waals surface area contributed by atoms with Crippen LogP contribution in [0.3, 0.4) is 0 Å². The second kappa shape index (κ2) is 7.20. The summed E-state index contributed by atoms with van der Waals surface area (Å²) in [6, 6.07) is 9.74. The second-order valence-electron chi connectivity index (χ2n) is 6.56. The zero-order chi connectivity index (χ0) is 21.8. The molecule has 0 aliphatic carbocycles. The van der Waals surface area contributed by atoms with Crippen molar-refractivity contribution in [3.8, 4) is 0 Å². The molecular weight excluding hydrogens is 544 g/mol. The fraction of sp³-hybridized carbons (Fsp3) is 0.105. The summed E-state index contributed by atoms with van der Waals surface area (Å²) in [5.41, 5.74) is 0.554. The number of rotatable bonds is 3. The summed E-state index contributed by atoms with van der Waals surface area (Å²) in [5.74, 6) is 0. The van der Waals surface area contributed by atoms with Crippen LogP contribution < -0.4 is 0 Å². The van der Waals surface area contributed by atoms with Gasteiger partial charge in [-0.3, -0.25) is 9.12 Å². The zero-order valence-corrected chi connectivity index (χ0v) is 19.2. The molecule has 0 saturated carbocycles. The van der Waals surface area contributed by atoms with Crippen molar-refractivity contribution >= 4 is 69.9 Å². The number of hydrogen-bond donors (Lipinski definition) is 3. The highest BCUT2D eigenvalue weighted by atomic mass is 79.9. The molecule has 2 heterocycles. The average molecular weight is 558 g/mol. The number of carbonyl (C=O) groups excluding carboxylic acids is 1. The number of benzene rings is 2. The highest BCUT2D eigenvalue weighted by molar-refractivity contribution is 9.10. The summed E-state index contributed by atoms with van der Waals surface area (Å²) in [5, 5.41) is 12.2. The molecule has 11 heteroatoms. The molecule has 30 heavy (non-hydrogen) atoms. The molecule has 3 N–H and O–H groups in total. The Kier molecular flexibility index (Phi) is 5.06. The van der Waals surface area contributed by atoms with E-state index in [1.807, 2.05) is 0 Å². The minimum Gasteiger partial charge on any atom is -0.452 e. The second-order valence-corrected chi connectivity index (χ2v) is 9.93. The Balaban J connectivity index is 2.13. The van der Waals surface area contributed by atoms with Crippen LogP contribution in [0.5, 0.6) is 0 Å². The summed E-state index contributed by atoms with van der Waals surface area (Å²) in [6.45, 7) is 0. The van der Waals surface area contributed by atoms with Gasteiger partial charge in [0.1, 0.15) is 0 Å². The number of aromatic nitrogens is 2. The molecule has 0 aliphatic rings. The number of nitrogens with zero attached hydrogens (tertiary/aromatic N) is 1. The summed E-state index contributed by atoms with van der Waals surface area (Å²) in [7, 11) is -3.94. The first-order valence-electron chi connectivity index (χ1n) is 8.44. The number of aromatic amines is 1. The van der Waals surface area contributed by atoms with E-state index in [4.69, 9.17) is 4.74 Å². The monoisotopic (exact) mass is 556 g/mol. The van der Waals surface area contributed by atoms with E-state index < -0.39 is 21.1 Å². The maximum Gasteiger partial charge on any atom is 0.418 e. The van der Waals surface area contributed by atoms with Crippen molar-refractivity contribution in [2.75, 3.05) is 7.11 Å². The van der Waals surface area contributed by atoms with Gasteiger partial charge in [0, 0.05) is 48.8 Å². The Labute approximate surface area is 187 Å².